The summed E-state index contributed by atoms with van der Waals surface area (Å²) >= 11 is 0. The highest BCUT2D eigenvalue weighted by Gasteiger charge is 2.04. The third-order valence-electron chi connectivity index (χ3n) is 1.74. The van der Waals surface area contributed by atoms with Gasteiger partial charge in [-0.1, -0.05) is 6.07 Å². The molecule has 0 fully saturated rings. The molecule has 0 atom stereocenters. The number of carbonyl (C=O) groups is 1. The van der Waals surface area contributed by atoms with Crippen molar-refractivity contribution in [2.45, 2.75) is 13.8 Å². The maximum Gasteiger partial charge on any atom is 0.386 e. The van der Waals surface area contributed by atoms with E-state index in [0.717, 1.165) is 11.1 Å². The molecule has 0 amide bonds. The van der Waals surface area contributed by atoms with Crippen LogP contribution in [0.25, 0.3) is 0 Å². The molecule has 11 heavy (non-hydrogen) atoms. The first-order valence-corrected chi connectivity index (χ1v) is 3.40. The molecule has 0 spiro atoms. The average Bonchev–Trinajstić information content (AvgIpc) is 1.94. The van der Waals surface area contributed by atoms with Crippen molar-refractivity contribution in [1.29, 1.82) is 0 Å². The highest BCUT2D eigenvalue weighted by Crippen LogP contribution is 2.09. The first-order chi connectivity index (χ1) is 5.11. The van der Waals surface area contributed by atoms with Crippen molar-refractivity contribution in [3.63, 3.8) is 0 Å². The molecule has 1 radical (unpaired) electrons. The summed E-state index contributed by atoms with van der Waals surface area (Å²) in [6.07, 6.45) is 0. The van der Waals surface area contributed by atoms with Crippen LogP contribution in [-0.4, -0.2) is 5.97 Å². The Morgan fingerprint density at radius 3 is 2.27 bits per heavy atom. The van der Waals surface area contributed by atoms with E-state index in [2.05, 4.69) is 0 Å². The molecule has 1 aromatic rings. The second kappa shape index (κ2) is 2.74. The number of hydrogen-bond donors (Lipinski definition) is 0. The van der Waals surface area contributed by atoms with E-state index in [1.807, 2.05) is 13.8 Å². The van der Waals surface area contributed by atoms with E-state index in [9.17, 15) is 9.90 Å². The van der Waals surface area contributed by atoms with Gasteiger partial charge in [-0.05, 0) is 37.1 Å². The molecule has 57 valence electrons. The van der Waals surface area contributed by atoms with Gasteiger partial charge in [0.25, 0.3) is 0 Å². The smallest absolute Gasteiger partial charge is 0.242 e. The van der Waals surface area contributed by atoms with Crippen LogP contribution in [0.2, 0.25) is 0 Å². The fourth-order valence-corrected chi connectivity index (χ4v) is 0.868. The Balaban J connectivity index is 3.15. The van der Waals surface area contributed by atoms with E-state index >= 15 is 0 Å². The zero-order valence-corrected chi connectivity index (χ0v) is 6.55. The van der Waals surface area contributed by atoms with Crippen LogP contribution in [0.3, 0.4) is 0 Å². The standard InChI is InChI=1S/C9H9O2/c1-6-3-4-8(9(10)11)5-7(6)2/h3-5H,1-2H3. The molecular weight excluding hydrogens is 140 g/mol. The number of aryl methyl sites for hydroxylation is 2. The molecule has 0 bridgehead atoms. The largest absolute Gasteiger partial charge is 0.386 e. The minimum Gasteiger partial charge on any atom is -0.242 e. The molecule has 2 heteroatoms. The first-order valence-electron chi connectivity index (χ1n) is 3.40. The lowest BCUT2D eigenvalue weighted by atomic mass is 10.1. The maximum absolute atomic E-state index is 10.4. The van der Waals surface area contributed by atoms with Gasteiger partial charge in [0.1, 0.15) is 0 Å². The van der Waals surface area contributed by atoms with Crippen LogP contribution in [0.4, 0.5) is 0 Å². The van der Waals surface area contributed by atoms with Crippen molar-refractivity contribution in [2.24, 2.45) is 0 Å². The molecule has 0 N–H and O–H groups in total. The van der Waals surface area contributed by atoms with E-state index in [4.69, 9.17) is 0 Å². The Morgan fingerprint density at radius 1 is 1.18 bits per heavy atom. The van der Waals surface area contributed by atoms with Crippen LogP contribution >= 0.6 is 0 Å². The summed E-state index contributed by atoms with van der Waals surface area (Å²) in [5, 5.41) is 10.4. The SMILES string of the molecule is Cc1ccc(C([O])=O)cc1C. The normalized spacial score (nSPS) is 9.64. The summed E-state index contributed by atoms with van der Waals surface area (Å²) in [5.74, 6) is -1.12. The molecule has 0 aliphatic rings. The fraction of sp³-hybridized carbons (Fsp3) is 0.222. The number of rotatable bonds is 1. The summed E-state index contributed by atoms with van der Waals surface area (Å²) < 4.78 is 0. The van der Waals surface area contributed by atoms with Crippen LogP contribution in [-0.2, 0) is 5.11 Å². The lowest BCUT2D eigenvalue weighted by Crippen LogP contribution is -1.95. The van der Waals surface area contributed by atoms with Crippen LogP contribution in [0, 0.1) is 13.8 Å². The summed E-state index contributed by atoms with van der Waals surface area (Å²) in [5.41, 5.74) is 2.31. The van der Waals surface area contributed by atoms with Gasteiger partial charge in [-0.25, -0.2) is 9.90 Å². The van der Waals surface area contributed by atoms with Crippen molar-refractivity contribution < 1.29 is 9.90 Å². The summed E-state index contributed by atoms with van der Waals surface area (Å²) in [6, 6.07) is 4.95. The average molecular weight is 149 g/mol. The Morgan fingerprint density at radius 2 is 1.82 bits per heavy atom. The van der Waals surface area contributed by atoms with Gasteiger partial charge < -0.3 is 0 Å². The van der Waals surface area contributed by atoms with Crippen molar-refractivity contribution in [3.8, 4) is 0 Å². The van der Waals surface area contributed by atoms with Crippen LogP contribution < -0.4 is 0 Å². The minimum atomic E-state index is -1.12. The monoisotopic (exact) mass is 149 g/mol. The van der Waals surface area contributed by atoms with E-state index in [1.165, 1.54) is 0 Å². The molecule has 0 unspecified atom stereocenters. The lowest BCUT2D eigenvalue weighted by molar-refractivity contribution is 0.0573. The van der Waals surface area contributed by atoms with E-state index in [1.54, 1.807) is 18.2 Å². The first kappa shape index (κ1) is 7.79. The molecular formula is C9H9O2. The van der Waals surface area contributed by atoms with Crippen molar-refractivity contribution in [2.75, 3.05) is 0 Å². The minimum absolute atomic E-state index is 0.244. The highest BCUT2D eigenvalue weighted by molar-refractivity contribution is 5.87. The van der Waals surface area contributed by atoms with Gasteiger partial charge in [0.15, 0.2) is 0 Å². The third-order valence-corrected chi connectivity index (χ3v) is 1.74. The second-order valence-corrected chi connectivity index (χ2v) is 2.59. The number of hydrogen-bond acceptors (Lipinski definition) is 1. The molecule has 0 saturated carbocycles. The zero-order chi connectivity index (χ0) is 8.43. The Labute approximate surface area is 65.5 Å². The predicted octanol–water partition coefficient (Wildman–Crippen LogP) is 1.87. The van der Waals surface area contributed by atoms with E-state index < -0.39 is 5.97 Å². The molecule has 2 nitrogen and oxygen atoms in total. The summed E-state index contributed by atoms with van der Waals surface area (Å²) in [4.78, 5) is 10.4. The maximum atomic E-state index is 10.4. The number of benzene rings is 1. The van der Waals surface area contributed by atoms with Gasteiger partial charge in [0.05, 0.1) is 5.56 Å². The lowest BCUT2D eigenvalue weighted by Gasteiger charge is -1.98. The Bertz CT molecular complexity index is 290. The van der Waals surface area contributed by atoms with Crippen LogP contribution in [0.15, 0.2) is 18.2 Å². The Hall–Kier alpha value is -1.31. The van der Waals surface area contributed by atoms with Gasteiger partial charge in [-0.3, -0.25) is 0 Å². The molecule has 0 aromatic heterocycles. The van der Waals surface area contributed by atoms with Crippen molar-refractivity contribution in [1.82, 2.24) is 0 Å². The molecule has 0 saturated heterocycles. The van der Waals surface area contributed by atoms with Crippen molar-refractivity contribution in [3.05, 3.63) is 34.9 Å². The van der Waals surface area contributed by atoms with Gasteiger partial charge in [0, 0.05) is 0 Å². The van der Waals surface area contributed by atoms with E-state index in [-0.39, 0.29) is 5.56 Å². The summed E-state index contributed by atoms with van der Waals surface area (Å²) in [6.45, 7) is 3.82. The molecule has 1 rings (SSSR count). The van der Waals surface area contributed by atoms with Crippen LogP contribution in [0.5, 0.6) is 0 Å². The quantitative estimate of drug-likeness (QED) is 0.600. The number of carbonyl (C=O) groups excluding carboxylic acids is 1. The van der Waals surface area contributed by atoms with Gasteiger partial charge >= 0.3 is 5.97 Å². The second-order valence-electron chi connectivity index (χ2n) is 2.59. The predicted molar refractivity (Wildman–Crippen MR) is 40.9 cm³/mol. The van der Waals surface area contributed by atoms with Gasteiger partial charge in [-0.2, -0.15) is 0 Å². The highest BCUT2D eigenvalue weighted by atomic mass is 16.4. The fourth-order valence-electron chi connectivity index (χ4n) is 0.868. The van der Waals surface area contributed by atoms with Crippen molar-refractivity contribution >= 4 is 5.97 Å². The Kier molecular flexibility index (Phi) is 1.94. The van der Waals surface area contributed by atoms with Gasteiger partial charge in [0.2, 0.25) is 0 Å². The summed E-state index contributed by atoms with van der Waals surface area (Å²) in [7, 11) is 0. The third kappa shape index (κ3) is 1.58. The zero-order valence-electron chi connectivity index (χ0n) is 6.55. The van der Waals surface area contributed by atoms with E-state index in [0.29, 0.717) is 0 Å². The molecule has 0 aliphatic heterocycles. The topological polar surface area (TPSA) is 37.0 Å². The molecule has 0 heterocycles. The van der Waals surface area contributed by atoms with Gasteiger partial charge in [-0.15, -0.1) is 0 Å². The molecule has 1 aromatic carbocycles. The van der Waals surface area contributed by atoms with Crippen LogP contribution in [0.1, 0.15) is 21.5 Å². The molecule has 0 aliphatic carbocycles.